The molecule has 1 aliphatic heterocycles. The minimum atomic E-state index is 0.279. The van der Waals surface area contributed by atoms with E-state index in [4.69, 9.17) is 4.74 Å². The Hall–Kier alpha value is -0.900. The lowest BCUT2D eigenvalue weighted by Gasteiger charge is -2.40. The highest BCUT2D eigenvalue weighted by atomic mass is 16.5. The molecule has 0 amide bonds. The minimum Gasteiger partial charge on any atom is -0.380 e. The van der Waals surface area contributed by atoms with Crippen molar-refractivity contribution in [3.05, 3.63) is 35.9 Å². The Bertz CT molecular complexity index is 355. The molecule has 0 radical (unpaired) electrons. The van der Waals surface area contributed by atoms with Crippen LogP contribution in [-0.4, -0.2) is 43.8 Å². The molecule has 2 rings (SSSR count). The Morgan fingerprint density at radius 2 is 2.11 bits per heavy atom. The van der Waals surface area contributed by atoms with Gasteiger partial charge < -0.3 is 10.1 Å². The monoisotopic (exact) mass is 248 g/mol. The second kappa shape index (κ2) is 6.32. The van der Waals surface area contributed by atoms with Crippen molar-refractivity contribution in [1.82, 2.24) is 10.2 Å². The summed E-state index contributed by atoms with van der Waals surface area (Å²) in [5.41, 5.74) is 1.39. The first kappa shape index (κ1) is 13.5. The van der Waals surface area contributed by atoms with Crippen LogP contribution in [-0.2, 0) is 4.74 Å². The molecule has 3 nitrogen and oxygen atoms in total. The predicted molar refractivity (Wildman–Crippen MR) is 74.7 cm³/mol. The molecule has 0 aliphatic carbocycles. The Labute approximate surface area is 110 Å². The summed E-state index contributed by atoms with van der Waals surface area (Å²) in [4.78, 5) is 2.53. The molecule has 1 fully saturated rings. The van der Waals surface area contributed by atoms with Crippen molar-refractivity contribution in [2.75, 3.05) is 26.7 Å². The van der Waals surface area contributed by atoms with Crippen LogP contribution < -0.4 is 5.32 Å². The highest BCUT2D eigenvalue weighted by Gasteiger charge is 2.27. The molecule has 0 spiro atoms. The van der Waals surface area contributed by atoms with Gasteiger partial charge in [-0.15, -0.1) is 0 Å². The molecule has 18 heavy (non-hydrogen) atoms. The van der Waals surface area contributed by atoms with Crippen LogP contribution in [0.3, 0.4) is 0 Å². The van der Waals surface area contributed by atoms with E-state index in [1.165, 1.54) is 5.56 Å². The number of nitrogens with zero attached hydrogens (tertiary/aromatic N) is 1. The van der Waals surface area contributed by atoms with Gasteiger partial charge in [-0.2, -0.15) is 0 Å². The molecule has 1 saturated heterocycles. The van der Waals surface area contributed by atoms with E-state index in [0.29, 0.717) is 12.1 Å². The van der Waals surface area contributed by atoms with Gasteiger partial charge in [-0.1, -0.05) is 30.3 Å². The maximum atomic E-state index is 5.41. The molecule has 100 valence electrons. The lowest BCUT2D eigenvalue weighted by atomic mass is 10.0. The first-order valence-corrected chi connectivity index (χ1v) is 6.76. The van der Waals surface area contributed by atoms with Crippen LogP contribution in [0.5, 0.6) is 0 Å². The van der Waals surface area contributed by atoms with Crippen LogP contribution in [0, 0.1) is 0 Å². The van der Waals surface area contributed by atoms with Crippen molar-refractivity contribution < 1.29 is 4.74 Å². The third kappa shape index (κ3) is 3.31. The molecule has 1 aliphatic rings. The third-order valence-electron chi connectivity index (χ3n) is 3.69. The van der Waals surface area contributed by atoms with Crippen molar-refractivity contribution in [1.29, 1.82) is 0 Å². The van der Waals surface area contributed by atoms with Gasteiger partial charge in [0.15, 0.2) is 0 Å². The molecule has 1 aromatic carbocycles. The first-order chi connectivity index (χ1) is 8.70. The molecular formula is C15H24N2O. The number of methoxy groups -OCH3 is 1. The fourth-order valence-corrected chi connectivity index (χ4v) is 2.60. The van der Waals surface area contributed by atoms with Crippen LogP contribution in [0.25, 0.3) is 0 Å². The van der Waals surface area contributed by atoms with E-state index in [1.807, 2.05) is 0 Å². The fourth-order valence-electron chi connectivity index (χ4n) is 2.60. The summed E-state index contributed by atoms with van der Waals surface area (Å²) in [7, 11) is 1.79. The molecule has 1 aromatic rings. The maximum Gasteiger partial charge on any atom is 0.0670 e. The van der Waals surface area contributed by atoms with Gasteiger partial charge in [0.25, 0.3) is 0 Å². The van der Waals surface area contributed by atoms with E-state index in [1.54, 1.807) is 7.11 Å². The van der Waals surface area contributed by atoms with Crippen molar-refractivity contribution in [2.45, 2.75) is 32.0 Å². The van der Waals surface area contributed by atoms with Crippen LogP contribution in [0.2, 0.25) is 0 Å². The largest absolute Gasteiger partial charge is 0.380 e. The molecule has 1 N–H and O–H groups in total. The summed E-state index contributed by atoms with van der Waals surface area (Å²) >= 11 is 0. The third-order valence-corrected chi connectivity index (χ3v) is 3.69. The second-order valence-electron chi connectivity index (χ2n) is 5.24. The van der Waals surface area contributed by atoms with E-state index in [-0.39, 0.29) is 6.10 Å². The maximum absolute atomic E-state index is 5.41. The number of piperazine rings is 1. The zero-order chi connectivity index (χ0) is 13.0. The quantitative estimate of drug-likeness (QED) is 0.882. The molecule has 1 heterocycles. The lowest BCUT2D eigenvalue weighted by Crippen LogP contribution is -2.52. The minimum absolute atomic E-state index is 0.279. The van der Waals surface area contributed by atoms with Gasteiger partial charge >= 0.3 is 0 Å². The summed E-state index contributed by atoms with van der Waals surface area (Å²) in [5.74, 6) is 0. The summed E-state index contributed by atoms with van der Waals surface area (Å²) in [6, 6.07) is 11.7. The first-order valence-electron chi connectivity index (χ1n) is 6.76. The van der Waals surface area contributed by atoms with Crippen LogP contribution >= 0.6 is 0 Å². The predicted octanol–water partition coefficient (Wildman–Crippen LogP) is 2.06. The zero-order valence-corrected chi connectivity index (χ0v) is 11.6. The molecule has 3 unspecified atom stereocenters. The van der Waals surface area contributed by atoms with Crippen molar-refractivity contribution in [2.24, 2.45) is 0 Å². The molecule has 3 atom stereocenters. The SMILES string of the molecule is COC(C)CN1CC(C)NCC1c1ccccc1. The highest BCUT2D eigenvalue weighted by molar-refractivity contribution is 5.20. The molecule has 0 saturated carbocycles. The van der Waals surface area contributed by atoms with Gasteiger partial charge in [0.2, 0.25) is 0 Å². The average molecular weight is 248 g/mol. The van der Waals surface area contributed by atoms with Crippen LogP contribution in [0.15, 0.2) is 30.3 Å². The Morgan fingerprint density at radius 3 is 2.78 bits per heavy atom. The molecule has 0 aromatic heterocycles. The smallest absolute Gasteiger partial charge is 0.0670 e. The number of nitrogens with one attached hydrogen (secondary N) is 1. The van der Waals surface area contributed by atoms with Gasteiger partial charge in [-0.3, -0.25) is 4.90 Å². The standard InChI is InChI=1S/C15H24N2O/c1-12-10-17(11-13(2)18-3)15(9-16-12)14-7-5-4-6-8-14/h4-8,12-13,15-16H,9-11H2,1-3H3. The average Bonchev–Trinajstić information content (AvgIpc) is 2.40. The second-order valence-corrected chi connectivity index (χ2v) is 5.24. The Kier molecular flexibility index (Phi) is 4.75. The van der Waals surface area contributed by atoms with Crippen molar-refractivity contribution in [3.8, 4) is 0 Å². The normalized spacial score (nSPS) is 27.1. The summed E-state index contributed by atoms with van der Waals surface area (Å²) in [6.07, 6.45) is 0.279. The zero-order valence-electron chi connectivity index (χ0n) is 11.6. The van der Waals surface area contributed by atoms with E-state index in [9.17, 15) is 0 Å². The van der Waals surface area contributed by atoms with E-state index in [0.717, 1.165) is 19.6 Å². The fraction of sp³-hybridized carbons (Fsp3) is 0.600. The Morgan fingerprint density at radius 1 is 1.39 bits per heavy atom. The van der Waals surface area contributed by atoms with E-state index >= 15 is 0 Å². The highest BCUT2D eigenvalue weighted by Crippen LogP contribution is 2.23. The molecular weight excluding hydrogens is 224 g/mol. The summed E-state index contributed by atoms with van der Waals surface area (Å²) < 4.78 is 5.41. The van der Waals surface area contributed by atoms with E-state index in [2.05, 4.69) is 54.4 Å². The molecule has 0 bridgehead atoms. The van der Waals surface area contributed by atoms with Crippen molar-refractivity contribution >= 4 is 0 Å². The van der Waals surface area contributed by atoms with Crippen molar-refractivity contribution in [3.63, 3.8) is 0 Å². The van der Waals surface area contributed by atoms with E-state index < -0.39 is 0 Å². The summed E-state index contributed by atoms with van der Waals surface area (Å²) in [5, 5.41) is 3.57. The number of ether oxygens (including phenoxy) is 1. The van der Waals surface area contributed by atoms with Gasteiger partial charge in [-0.05, 0) is 19.4 Å². The number of benzene rings is 1. The number of hydrogen-bond acceptors (Lipinski definition) is 3. The topological polar surface area (TPSA) is 24.5 Å². The molecule has 3 heteroatoms. The van der Waals surface area contributed by atoms with Gasteiger partial charge in [0.05, 0.1) is 6.10 Å². The van der Waals surface area contributed by atoms with Gasteiger partial charge in [0.1, 0.15) is 0 Å². The summed E-state index contributed by atoms with van der Waals surface area (Å²) in [6.45, 7) is 7.46. The number of rotatable bonds is 4. The van der Waals surface area contributed by atoms with Gasteiger partial charge in [-0.25, -0.2) is 0 Å². The van der Waals surface area contributed by atoms with Gasteiger partial charge in [0, 0.05) is 38.8 Å². The van der Waals surface area contributed by atoms with Crippen LogP contribution in [0.1, 0.15) is 25.5 Å². The van der Waals surface area contributed by atoms with Crippen LogP contribution in [0.4, 0.5) is 0 Å². The Balaban J connectivity index is 2.10. The lowest BCUT2D eigenvalue weighted by molar-refractivity contribution is 0.0424. The number of hydrogen-bond donors (Lipinski definition) is 1.